The molecule has 0 amide bonds. The van der Waals surface area contributed by atoms with Crippen LogP contribution in [0, 0.1) is 0 Å². The van der Waals surface area contributed by atoms with E-state index in [9.17, 15) is 0 Å². The largest absolute Gasteiger partial charge is 0.272 e. The third-order valence-corrected chi connectivity index (χ3v) is 2.00. The van der Waals surface area contributed by atoms with Gasteiger partial charge < -0.3 is 0 Å². The molecule has 62 valence electrons. The number of rotatable bonds is 4. The first-order valence-electron chi connectivity index (χ1n) is 4.01. The van der Waals surface area contributed by atoms with E-state index in [-0.39, 0.29) is 0 Å². The maximum atomic E-state index is 4.16. The number of halogens is 1. The first-order chi connectivity index (χ1) is 5.33. The van der Waals surface area contributed by atoms with Crippen LogP contribution >= 0.6 is 15.9 Å². The van der Waals surface area contributed by atoms with Gasteiger partial charge in [-0.1, -0.05) is 19.8 Å². The van der Waals surface area contributed by atoms with Gasteiger partial charge in [0.1, 0.15) is 0 Å². The van der Waals surface area contributed by atoms with Crippen molar-refractivity contribution >= 4 is 15.9 Å². The van der Waals surface area contributed by atoms with Crippen LogP contribution in [0.1, 0.15) is 26.2 Å². The average Bonchev–Trinajstić information content (AvgIpc) is 2.37. The van der Waals surface area contributed by atoms with Crippen LogP contribution in [0.5, 0.6) is 0 Å². The van der Waals surface area contributed by atoms with Crippen molar-refractivity contribution in [1.82, 2.24) is 9.78 Å². The number of hydrogen-bond donors (Lipinski definition) is 0. The van der Waals surface area contributed by atoms with Gasteiger partial charge in [0, 0.05) is 12.7 Å². The standard InChI is InChI=1S/C8H13BrN2/c1-2-3-4-5-11-7-8(9)6-10-11/h6-7H,2-5H2,1H3. The number of aromatic nitrogens is 2. The first kappa shape index (κ1) is 8.78. The van der Waals surface area contributed by atoms with E-state index in [1.807, 2.05) is 17.1 Å². The first-order valence-corrected chi connectivity index (χ1v) is 4.80. The molecular weight excluding hydrogens is 204 g/mol. The van der Waals surface area contributed by atoms with Crippen LogP contribution in [-0.2, 0) is 6.54 Å². The van der Waals surface area contributed by atoms with Crippen LogP contribution in [0.4, 0.5) is 0 Å². The summed E-state index contributed by atoms with van der Waals surface area (Å²) in [5.74, 6) is 0. The molecule has 0 N–H and O–H groups in total. The molecule has 0 spiro atoms. The van der Waals surface area contributed by atoms with Gasteiger partial charge in [0.05, 0.1) is 10.7 Å². The molecule has 0 saturated heterocycles. The zero-order valence-corrected chi connectivity index (χ0v) is 8.34. The van der Waals surface area contributed by atoms with Crippen molar-refractivity contribution < 1.29 is 0 Å². The molecule has 1 rings (SSSR count). The highest BCUT2D eigenvalue weighted by Crippen LogP contribution is 2.07. The second-order valence-corrected chi connectivity index (χ2v) is 3.54. The van der Waals surface area contributed by atoms with E-state index in [1.54, 1.807) is 0 Å². The number of hydrogen-bond acceptors (Lipinski definition) is 1. The topological polar surface area (TPSA) is 17.8 Å². The summed E-state index contributed by atoms with van der Waals surface area (Å²) in [6.45, 7) is 3.25. The quantitative estimate of drug-likeness (QED) is 0.709. The third kappa shape index (κ3) is 3.06. The van der Waals surface area contributed by atoms with E-state index < -0.39 is 0 Å². The lowest BCUT2D eigenvalue weighted by molar-refractivity contribution is 0.553. The van der Waals surface area contributed by atoms with Gasteiger partial charge in [-0.15, -0.1) is 0 Å². The molecule has 0 saturated carbocycles. The molecule has 1 heterocycles. The minimum absolute atomic E-state index is 1.04. The minimum Gasteiger partial charge on any atom is -0.272 e. The summed E-state index contributed by atoms with van der Waals surface area (Å²) >= 11 is 3.36. The maximum absolute atomic E-state index is 4.16. The molecule has 0 aliphatic heterocycles. The van der Waals surface area contributed by atoms with Crippen LogP contribution in [0.15, 0.2) is 16.9 Å². The molecular formula is C8H13BrN2. The lowest BCUT2D eigenvalue weighted by atomic mass is 10.2. The summed E-state index contributed by atoms with van der Waals surface area (Å²) in [6, 6.07) is 0. The molecule has 0 radical (unpaired) electrons. The molecule has 0 aliphatic rings. The van der Waals surface area contributed by atoms with Crippen molar-refractivity contribution in [3.8, 4) is 0 Å². The smallest absolute Gasteiger partial charge is 0.0632 e. The minimum atomic E-state index is 1.04. The normalized spacial score (nSPS) is 10.4. The summed E-state index contributed by atoms with van der Waals surface area (Å²) in [5, 5.41) is 4.16. The predicted molar refractivity (Wildman–Crippen MR) is 49.5 cm³/mol. The summed E-state index contributed by atoms with van der Waals surface area (Å²) in [6.07, 6.45) is 7.62. The summed E-state index contributed by atoms with van der Waals surface area (Å²) in [5.41, 5.74) is 0. The number of unbranched alkanes of at least 4 members (excludes halogenated alkanes) is 2. The van der Waals surface area contributed by atoms with Gasteiger partial charge >= 0.3 is 0 Å². The van der Waals surface area contributed by atoms with Crippen LogP contribution in [0.2, 0.25) is 0 Å². The fourth-order valence-electron chi connectivity index (χ4n) is 0.984. The molecule has 0 atom stereocenters. The van der Waals surface area contributed by atoms with Gasteiger partial charge in [0.25, 0.3) is 0 Å². The number of aryl methyl sites for hydroxylation is 1. The molecule has 3 heteroatoms. The van der Waals surface area contributed by atoms with Crippen molar-refractivity contribution in [2.45, 2.75) is 32.7 Å². The molecule has 2 nitrogen and oxygen atoms in total. The monoisotopic (exact) mass is 216 g/mol. The fourth-order valence-corrected chi connectivity index (χ4v) is 1.31. The van der Waals surface area contributed by atoms with Gasteiger partial charge in [-0.2, -0.15) is 5.10 Å². The summed E-state index contributed by atoms with van der Waals surface area (Å²) in [4.78, 5) is 0. The van der Waals surface area contributed by atoms with Crippen LogP contribution in [0.25, 0.3) is 0 Å². The van der Waals surface area contributed by atoms with Gasteiger partial charge in [-0.25, -0.2) is 0 Å². The maximum Gasteiger partial charge on any atom is 0.0632 e. The second-order valence-electron chi connectivity index (χ2n) is 2.63. The molecule has 11 heavy (non-hydrogen) atoms. The van der Waals surface area contributed by atoms with Crippen LogP contribution < -0.4 is 0 Å². The highest BCUT2D eigenvalue weighted by atomic mass is 79.9. The van der Waals surface area contributed by atoms with E-state index in [2.05, 4.69) is 28.0 Å². The van der Waals surface area contributed by atoms with Gasteiger partial charge in [0.15, 0.2) is 0 Å². The van der Waals surface area contributed by atoms with Gasteiger partial charge in [-0.3, -0.25) is 4.68 Å². The lowest BCUT2D eigenvalue weighted by Crippen LogP contribution is -1.97. The molecule has 0 unspecified atom stereocenters. The molecule has 1 aromatic rings. The molecule has 0 aliphatic carbocycles. The zero-order chi connectivity index (χ0) is 8.10. The van der Waals surface area contributed by atoms with Crippen molar-refractivity contribution in [1.29, 1.82) is 0 Å². The summed E-state index contributed by atoms with van der Waals surface area (Å²) in [7, 11) is 0. The van der Waals surface area contributed by atoms with Crippen molar-refractivity contribution in [2.75, 3.05) is 0 Å². The van der Waals surface area contributed by atoms with E-state index in [0.717, 1.165) is 11.0 Å². The van der Waals surface area contributed by atoms with Crippen molar-refractivity contribution in [3.63, 3.8) is 0 Å². The Bertz CT molecular complexity index is 208. The lowest BCUT2D eigenvalue weighted by Gasteiger charge is -1.98. The predicted octanol–water partition coefficient (Wildman–Crippen LogP) is 2.84. The molecule has 1 aromatic heterocycles. The highest BCUT2D eigenvalue weighted by Gasteiger charge is 1.93. The van der Waals surface area contributed by atoms with Crippen LogP contribution in [0.3, 0.4) is 0 Å². The van der Waals surface area contributed by atoms with E-state index in [0.29, 0.717) is 0 Å². The van der Waals surface area contributed by atoms with Crippen LogP contribution in [-0.4, -0.2) is 9.78 Å². The average molecular weight is 217 g/mol. The van der Waals surface area contributed by atoms with Gasteiger partial charge in [-0.05, 0) is 22.4 Å². The zero-order valence-electron chi connectivity index (χ0n) is 6.76. The Hall–Kier alpha value is -0.310. The van der Waals surface area contributed by atoms with Crippen molar-refractivity contribution in [3.05, 3.63) is 16.9 Å². The Kier molecular flexibility index (Phi) is 3.63. The Morgan fingerprint density at radius 1 is 1.55 bits per heavy atom. The van der Waals surface area contributed by atoms with E-state index in [4.69, 9.17) is 0 Å². The Morgan fingerprint density at radius 2 is 2.36 bits per heavy atom. The van der Waals surface area contributed by atoms with Crippen molar-refractivity contribution in [2.24, 2.45) is 0 Å². The SMILES string of the molecule is CCCCCn1cc(Br)cn1. The Labute approximate surface area is 75.7 Å². The Balaban J connectivity index is 2.27. The molecule has 0 fully saturated rings. The molecule has 0 bridgehead atoms. The second kappa shape index (κ2) is 4.54. The molecule has 0 aromatic carbocycles. The third-order valence-electron chi connectivity index (χ3n) is 1.59. The van der Waals surface area contributed by atoms with E-state index in [1.165, 1.54) is 19.3 Å². The number of nitrogens with zero attached hydrogens (tertiary/aromatic N) is 2. The highest BCUT2D eigenvalue weighted by molar-refractivity contribution is 9.10. The summed E-state index contributed by atoms with van der Waals surface area (Å²) < 4.78 is 3.04. The van der Waals surface area contributed by atoms with Gasteiger partial charge in [0.2, 0.25) is 0 Å². The fraction of sp³-hybridized carbons (Fsp3) is 0.625. The Morgan fingerprint density at radius 3 is 2.91 bits per heavy atom. The van der Waals surface area contributed by atoms with E-state index >= 15 is 0 Å².